The van der Waals surface area contributed by atoms with Crippen LogP contribution in [0.2, 0.25) is 0 Å². The summed E-state index contributed by atoms with van der Waals surface area (Å²) in [4.78, 5) is 21.0. The molecule has 0 saturated heterocycles. The summed E-state index contributed by atoms with van der Waals surface area (Å²) < 4.78 is 8.79. The molecular formula is C6H11NO4. The van der Waals surface area contributed by atoms with E-state index in [2.05, 4.69) is 14.8 Å². The quantitative estimate of drug-likeness (QED) is 0.325. The van der Waals surface area contributed by atoms with Crippen molar-refractivity contribution in [1.29, 1.82) is 0 Å². The smallest absolute Gasteiger partial charge is 0.396 e. The van der Waals surface area contributed by atoms with Gasteiger partial charge in [0, 0.05) is 13.7 Å². The van der Waals surface area contributed by atoms with E-state index in [1.807, 2.05) is 0 Å². The molecule has 0 aromatic heterocycles. The predicted octanol–water partition coefficient (Wildman–Crippen LogP) is -1.08. The number of amides is 1. The molecule has 0 aliphatic carbocycles. The van der Waals surface area contributed by atoms with Gasteiger partial charge >= 0.3 is 11.9 Å². The second-order valence-electron chi connectivity index (χ2n) is 1.74. The number of esters is 1. The number of ether oxygens (including phenoxy) is 2. The molecule has 0 unspecified atom stereocenters. The lowest BCUT2D eigenvalue weighted by atomic mass is 10.5. The van der Waals surface area contributed by atoms with Crippen molar-refractivity contribution < 1.29 is 19.1 Å². The SMILES string of the molecule is COCCNC(=O)C(=O)OC. The first-order chi connectivity index (χ1) is 5.22. The van der Waals surface area contributed by atoms with Crippen LogP contribution in [0.15, 0.2) is 0 Å². The largest absolute Gasteiger partial charge is 0.462 e. The van der Waals surface area contributed by atoms with E-state index in [0.29, 0.717) is 13.2 Å². The second kappa shape index (κ2) is 5.67. The van der Waals surface area contributed by atoms with Gasteiger partial charge in [0.15, 0.2) is 0 Å². The summed E-state index contributed by atoms with van der Waals surface area (Å²) in [5, 5.41) is 2.30. The molecule has 1 N–H and O–H groups in total. The Kier molecular flexibility index (Phi) is 5.10. The molecule has 5 nitrogen and oxygen atoms in total. The zero-order valence-corrected chi connectivity index (χ0v) is 6.55. The van der Waals surface area contributed by atoms with E-state index in [1.165, 1.54) is 7.11 Å². The third-order valence-corrected chi connectivity index (χ3v) is 0.963. The highest BCUT2D eigenvalue weighted by Gasteiger charge is 2.11. The van der Waals surface area contributed by atoms with Gasteiger partial charge in [-0.05, 0) is 0 Å². The molecule has 0 spiro atoms. The van der Waals surface area contributed by atoms with E-state index >= 15 is 0 Å². The van der Waals surface area contributed by atoms with E-state index in [4.69, 9.17) is 0 Å². The van der Waals surface area contributed by atoms with E-state index < -0.39 is 11.9 Å². The molecule has 0 aromatic rings. The maximum atomic E-state index is 10.6. The van der Waals surface area contributed by atoms with Crippen LogP contribution < -0.4 is 5.32 Å². The molecular weight excluding hydrogens is 150 g/mol. The van der Waals surface area contributed by atoms with Crippen LogP contribution in [0.25, 0.3) is 0 Å². The Bertz CT molecular complexity index is 146. The topological polar surface area (TPSA) is 64.6 Å². The number of nitrogens with one attached hydrogen (secondary N) is 1. The maximum Gasteiger partial charge on any atom is 0.396 e. The van der Waals surface area contributed by atoms with Gasteiger partial charge in [-0.25, -0.2) is 4.79 Å². The van der Waals surface area contributed by atoms with Crippen molar-refractivity contribution >= 4 is 11.9 Å². The number of carbonyl (C=O) groups is 2. The van der Waals surface area contributed by atoms with Crippen LogP contribution >= 0.6 is 0 Å². The van der Waals surface area contributed by atoms with Gasteiger partial charge in [-0.15, -0.1) is 0 Å². The van der Waals surface area contributed by atoms with E-state index in [1.54, 1.807) is 0 Å². The number of methoxy groups -OCH3 is 2. The molecule has 11 heavy (non-hydrogen) atoms. The van der Waals surface area contributed by atoms with Crippen LogP contribution in [0.1, 0.15) is 0 Å². The minimum atomic E-state index is -0.888. The minimum absolute atomic E-state index is 0.310. The fraction of sp³-hybridized carbons (Fsp3) is 0.667. The Morgan fingerprint density at radius 3 is 2.45 bits per heavy atom. The van der Waals surface area contributed by atoms with Crippen LogP contribution in [0.5, 0.6) is 0 Å². The first-order valence-corrected chi connectivity index (χ1v) is 3.07. The molecule has 0 atom stereocenters. The van der Waals surface area contributed by atoms with Crippen LogP contribution in [0.3, 0.4) is 0 Å². The average Bonchev–Trinajstić information content (AvgIpc) is 2.03. The number of carbonyl (C=O) groups excluding carboxylic acids is 2. The molecule has 0 aliphatic heterocycles. The molecule has 0 rings (SSSR count). The summed E-state index contributed by atoms with van der Waals surface area (Å²) in [6, 6.07) is 0. The highest BCUT2D eigenvalue weighted by atomic mass is 16.5. The van der Waals surface area contributed by atoms with Crippen molar-refractivity contribution in [2.45, 2.75) is 0 Å². The molecule has 5 heteroatoms. The van der Waals surface area contributed by atoms with Crippen molar-refractivity contribution in [3.05, 3.63) is 0 Å². The molecule has 0 fully saturated rings. The standard InChI is InChI=1S/C6H11NO4/c1-10-4-3-7-5(8)6(9)11-2/h3-4H2,1-2H3,(H,7,8). The Morgan fingerprint density at radius 1 is 1.36 bits per heavy atom. The van der Waals surface area contributed by atoms with Gasteiger partial charge in [0.25, 0.3) is 0 Å². The highest BCUT2D eigenvalue weighted by molar-refractivity contribution is 6.32. The monoisotopic (exact) mass is 161 g/mol. The zero-order chi connectivity index (χ0) is 8.69. The van der Waals surface area contributed by atoms with Crippen molar-refractivity contribution in [2.24, 2.45) is 0 Å². The molecule has 0 bridgehead atoms. The molecule has 0 heterocycles. The molecule has 0 aromatic carbocycles. The van der Waals surface area contributed by atoms with Crippen LogP contribution in [0.4, 0.5) is 0 Å². The van der Waals surface area contributed by atoms with Crippen molar-refractivity contribution in [2.75, 3.05) is 27.4 Å². The molecule has 0 aliphatic rings. The minimum Gasteiger partial charge on any atom is -0.462 e. The molecule has 1 amide bonds. The summed E-state index contributed by atoms with van der Waals surface area (Å²) in [5.74, 6) is -1.63. The van der Waals surface area contributed by atoms with Gasteiger partial charge in [0.05, 0.1) is 13.7 Å². The number of rotatable bonds is 3. The molecule has 64 valence electrons. The summed E-state index contributed by atoms with van der Waals surface area (Å²) in [6.45, 7) is 0.688. The lowest BCUT2D eigenvalue weighted by Gasteiger charge is -2.01. The lowest BCUT2D eigenvalue weighted by molar-refractivity contribution is -0.152. The summed E-state index contributed by atoms with van der Waals surface area (Å²) in [6.07, 6.45) is 0. The van der Waals surface area contributed by atoms with Gasteiger partial charge in [-0.2, -0.15) is 0 Å². The first kappa shape index (κ1) is 9.90. The Hall–Kier alpha value is -1.10. The number of hydrogen-bond acceptors (Lipinski definition) is 4. The average molecular weight is 161 g/mol. The third kappa shape index (κ3) is 4.32. The van der Waals surface area contributed by atoms with E-state index in [-0.39, 0.29) is 0 Å². The van der Waals surface area contributed by atoms with Crippen molar-refractivity contribution in [3.8, 4) is 0 Å². The van der Waals surface area contributed by atoms with Gasteiger partial charge in [0.2, 0.25) is 0 Å². The Balaban J connectivity index is 3.44. The van der Waals surface area contributed by atoms with E-state index in [0.717, 1.165) is 7.11 Å². The summed E-state index contributed by atoms with van der Waals surface area (Å²) in [5.41, 5.74) is 0. The fourth-order valence-electron chi connectivity index (χ4n) is 0.431. The van der Waals surface area contributed by atoms with Crippen LogP contribution in [-0.2, 0) is 19.1 Å². The lowest BCUT2D eigenvalue weighted by Crippen LogP contribution is -2.33. The van der Waals surface area contributed by atoms with Gasteiger partial charge in [-0.3, -0.25) is 4.79 Å². The number of hydrogen-bond donors (Lipinski definition) is 1. The van der Waals surface area contributed by atoms with Crippen molar-refractivity contribution in [3.63, 3.8) is 0 Å². The molecule has 0 radical (unpaired) electrons. The van der Waals surface area contributed by atoms with Gasteiger partial charge in [0.1, 0.15) is 0 Å². The zero-order valence-electron chi connectivity index (χ0n) is 6.55. The predicted molar refractivity (Wildman–Crippen MR) is 36.9 cm³/mol. The summed E-state index contributed by atoms with van der Waals surface area (Å²) in [7, 11) is 2.66. The Labute approximate surface area is 64.7 Å². The normalized spacial score (nSPS) is 8.91. The molecule has 0 saturated carbocycles. The van der Waals surface area contributed by atoms with Crippen molar-refractivity contribution in [1.82, 2.24) is 5.32 Å². The summed E-state index contributed by atoms with van der Waals surface area (Å²) >= 11 is 0. The van der Waals surface area contributed by atoms with Gasteiger partial charge in [-0.1, -0.05) is 0 Å². The van der Waals surface area contributed by atoms with Gasteiger partial charge < -0.3 is 14.8 Å². The van der Waals surface area contributed by atoms with Crippen LogP contribution in [-0.4, -0.2) is 39.2 Å². The third-order valence-electron chi connectivity index (χ3n) is 0.963. The van der Waals surface area contributed by atoms with E-state index in [9.17, 15) is 9.59 Å². The van der Waals surface area contributed by atoms with Crippen LogP contribution in [0, 0.1) is 0 Å². The maximum absolute atomic E-state index is 10.6. The highest BCUT2D eigenvalue weighted by Crippen LogP contribution is 1.73. The Morgan fingerprint density at radius 2 is 2.00 bits per heavy atom. The second-order valence-corrected chi connectivity index (χ2v) is 1.74. The first-order valence-electron chi connectivity index (χ1n) is 3.07. The fourth-order valence-corrected chi connectivity index (χ4v) is 0.431.